The fourth-order valence-electron chi connectivity index (χ4n) is 10.2. The van der Waals surface area contributed by atoms with Gasteiger partial charge in [0.25, 0.3) is 0 Å². The van der Waals surface area contributed by atoms with Gasteiger partial charge in [-0.25, -0.2) is 0 Å². The van der Waals surface area contributed by atoms with Crippen LogP contribution in [0.3, 0.4) is 0 Å². The lowest BCUT2D eigenvalue weighted by Gasteiger charge is -2.54. The molecule has 6 aromatic carbocycles. The van der Waals surface area contributed by atoms with Gasteiger partial charge in [-0.1, -0.05) is 123 Å². The number of hydrogen-bond acceptors (Lipinski definition) is 1. The van der Waals surface area contributed by atoms with Crippen molar-refractivity contribution in [3.8, 4) is 22.3 Å². The second kappa shape index (κ2) is 10.7. The highest BCUT2D eigenvalue weighted by Crippen LogP contribution is 2.65. The van der Waals surface area contributed by atoms with Crippen LogP contribution in [0.2, 0.25) is 0 Å². The van der Waals surface area contributed by atoms with Gasteiger partial charge in [-0.2, -0.15) is 0 Å². The van der Waals surface area contributed by atoms with Gasteiger partial charge in [-0.15, -0.1) is 0 Å². The van der Waals surface area contributed by atoms with Crippen molar-refractivity contribution in [3.05, 3.63) is 151 Å². The first kappa shape index (κ1) is 27.7. The lowest BCUT2D eigenvalue weighted by molar-refractivity contribution is 0.0426. The van der Waals surface area contributed by atoms with Crippen LogP contribution in [0, 0.1) is 23.7 Å². The zero-order chi connectivity index (χ0) is 30.8. The molecule has 3 aliphatic carbocycles. The van der Waals surface area contributed by atoms with E-state index in [1.165, 1.54) is 75.8 Å². The quantitative estimate of drug-likeness (QED) is 0.196. The third-order valence-electron chi connectivity index (χ3n) is 11.8. The summed E-state index contributed by atoms with van der Waals surface area (Å²) in [4.78, 5) is 2.48. The topological polar surface area (TPSA) is 3.24 Å². The van der Waals surface area contributed by atoms with Crippen molar-refractivity contribution in [1.29, 1.82) is 0 Å². The minimum absolute atomic E-state index is 0.108. The molecule has 2 fully saturated rings. The fraction of sp³-hybridized carbons (Fsp3) is 0.244. The van der Waals surface area contributed by atoms with Gasteiger partial charge in [0.2, 0.25) is 0 Å². The molecule has 0 N–H and O–H groups in total. The third-order valence-corrected chi connectivity index (χ3v) is 11.8. The summed E-state index contributed by atoms with van der Waals surface area (Å²) in [5.74, 6) is 3.03. The van der Waals surface area contributed by atoms with Crippen LogP contribution in [0.5, 0.6) is 0 Å². The molecular weight excluding hydrogens is 555 g/mol. The lowest BCUT2D eigenvalue weighted by Crippen LogP contribution is -2.49. The molecule has 0 aromatic heterocycles. The minimum Gasteiger partial charge on any atom is -0.310 e. The van der Waals surface area contributed by atoms with E-state index in [0.717, 1.165) is 11.8 Å². The van der Waals surface area contributed by atoms with Crippen LogP contribution in [0.4, 0.5) is 17.1 Å². The number of anilines is 3. The SMILES string of the molecule is CC1CC2CC(C)C3(c4ccccc4-c4cc(N(c5ccccc5)c5ccc(-c6ccccc6)c6ccccc56)ccc43)C(C1)C2. The molecule has 3 aliphatic rings. The Hall–Kier alpha value is -4.62. The summed E-state index contributed by atoms with van der Waals surface area (Å²) in [7, 11) is 0. The number of rotatable bonds is 4. The van der Waals surface area contributed by atoms with E-state index in [2.05, 4.69) is 158 Å². The first-order chi connectivity index (χ1) is 22.6. The maximum absolute atomic E-state index is 2.56. The first-order valence-electron chi connectivity index (χ1n) is 17.3. The van der Waals surface area contributed by atoms with Crippen LogP contribution in [-0.4, -0.2) is 0 Å². The van der Waals surface area contributed by atoms with E-state index in [4.69, 9.17) is 0 Å². The van der Waals surface area contributed by atoms with Gasteiger partial charge < -0.3 is 4.90 Å². The number of hydrogen-bond donors (Lipinski definition) is 0. The summed E-state index contributed by atoms with van der Waals surface area (Å²) < 4.78 is 0. The molecule has 0 radical (unpaired) electrons. The maximum atomic E-state index is 2.56. The first-order valence-corrected chi connectivity index (χ1v) is 17.3. The summed E-state index contributed by atoms with van der Waals surface area (Å²) >= 11 is 0. The molecule has 226 valence electrons. The Labute approximate surface area is 273 Å². The highest BCUT2D eigenvalue weighted by atomic mass is 15.1. The molecular formula is C45H41N. The second-order valence-electron chi connectivity index (χ2n) is 14.4. The summed E-state index contributed by atoms with van der Waals surface area (Å²) in [5.41, 5.74) is 12.2. The highest BCUT2D eigenvalue weighted by molar-refractivity contribution is 6.06. The minimum atomic E-state index is 0.108. The molecule has 46 heavy (non-hydrogen) atoms. The van der Waals surface area contributed by atoms with E-state index in [9.17, 15) is 0 Å². The normalized spacial score (nSPS) is 24.5. The van der Waals surface area contributed by atoms with Gasteiger partial charge >= 0.3 is 0 Å². The van der Waals surface area contributed by atoms with Crippen LogP contribution < -0.4 is 4.90 Å². The molecule has 0 aliphatic heterocycles. The van der Waals surface area contributed by atoms with Crippen LogP contribution >= 0.6 is 0 Å². The molecule has 9 rings (SSSR count). The number of para-hydroxylation sites is 1. The average Bonchev–Trinajstić information content (AvgIpc) is 3.39. The van der Waals surface area contributed by atoms with Gasteiger partial charge in [0.1, 0.15) is 0 Å². The van der Waals surface area contributed by atoms with Gasteiger partial charge in [0.05, 0.1) is 5.69 Å². The molecule has 5 unspecified atom stereocenters. The Morgan fingerprint density at radius 1 is 0.522 bits per heavy atom. The molecule has 5 atom stereocenters. The molecule has 2 saturated carbocycles. The van der Waals surface area contributed by atoms with Crippen molar-refractivity contribution in [2.75, 3.05) is 4.90 Å². The smallest absolute Gasteiger partial charge is 0.0540 e. The van der Waals surface area contributed by atoms with Crippen LogP contribution in [-0.2, 0) is 5.41 Å². The summed E-state index contributed by atoms with van der Waals surface area (Å²) in [6.07, 6.45) is 5.46. The number of nitrogens with zero attached hydrogens (tertiary/aromatic N) is 1. The fourth-order valence-corrected chi connectivity index (χ4v) is 10.2. The summed E-state index contributed by atoms with van der Waals surface area (Å²) in [6, 6.07) is 52.1. The Morgan fingerprint density at radius 3 is 2.04 bits per heavy atom. The second-order valence-corrected chi connectivity index (χ2v) is 14.4. The van der Waals surface area contributed by atoms with Crippen molar-refractivity contribution in [2.24, 2.45) is 23.7 Å². The molecule has 1 nitrogen and oxygen atoms in total. The molecule has 6 aromatic rings. The molecule has 2 bridgehead atoms. The van der Waals surface area contributed by atoms with E-state index in [-0.39, 0.29) is 5.41 Å². The van der Waals surface area contributed by atoms with E-state index < -0.39 is 0 Å². The molecule has 0 amide bonds. The van der Waals surface area contributed by atoms with Gasteiger partial charge in [-0.3, -0.25) is 0 Å². The Kier molecular flexibility index (Phi) is 6.46. The van der Waals surface area contributed by atoms with Crippen molar-refractivity contribution in [2.45, 2.75) is 44.9 Å². The molecule has 1 heteroatoms. The van der Waals surface area contributed by atoms with Crippen molar-refractivity contribution < 1.29 is 0 Å². The highest BCUT2D eigenvalue weighted by Gasteiger charge is 2.56. The summed E-state index contributed by atoms with van der Waals surface area (Å²) in [6.45, 7) is 5.06. The van der Waals surface area contributed by atoms with Crippen LogP contribution in [0.15, 0.2) is 140 Å². The third kappa shape index (κ3) is 4.07. The largest absolute Gasteiger partial charge is 0.310 e. The number of benzene rings is 6. The van der Waals surface area contributed by atoms with Crippen molar-refractivity contribution in [1.82, 2.24) is 0 Å². The average molecular weight is 596 g/mol. The zero-order valence-electron chi connectivity index (χ0n) is 26.9. The Balaban J connectivity index is 1.25. The standard InChI is InChI=1S/C45H41N/c1-30-25-32-27-31(2)45(34(26-30)28-32)42-20-12-11-18-39(42)41-29-36(21-23-43(41)45)46(35-15-7-4-8-16-35)44-24-22-37(33-13-5-3-6-14-33)38-17-9-10-19-40(38)44/h3-24,29-32,34H,25-28H2,1-2H3. The van der Waals surface area contributed by atoms with Crippen LogP contribution in [0.25, 0.3) is 33.0 Å². The summed E-state index contributed by atoms with van der Waals surface area (Å²) in [5, 5.41) is 2.53. The van der Waals surface area contributed by atoms with E-state index in [0.29, 0.717) is 11.8 Å². The van der Waals surface area contributed by atoms with Gasteiger partial charge in [0.15, 0.2) is 0 Å². The van der Waals surface area contributed by atoms with Gasteiger partial charge in [0, 0.05) is 22.2 Å². The molecule has 1 spiro atoms. The Morgan fingerprint density at radius 2 is 1.22 bits per heavy atom. The number of fused-ring (bicyclic) bond motifs is 9. The van der Waals surface area contributed by atoms with Crippen LogP contribution in [0.1, 0.15) is 50.7 Å². The predicted molar refractivity (Wildman–Crippen MR) is 194 cm³/mol. The Bertz CT molecular complexity index is 2060. The van der Waals surface area contributed by atoms with E-state index >= 15 is 0 Å². The molecule has 0 heterocycles. The maximum Gasteiger partial charge on any atom is 0.0540 e. The predicted octanol–water partition coefficient (Wildman–Crippen LogP) is 12.3. The van der Waals surface area contributed by atoms with Crippen molar-refractivity contribution >= 4 is 27.8 Å². The van der Waals surface area contributed by atoms with Crippen molar-refractivity contribution in [3.63, 3.8) is 0 Å². The molecule has 0 saturated heterocycles. The van der Waals surface area contributed by atoms with Gasteiger partial charge in [-0.05, 0) is 118 Å². The lowest BCUT2D eigenvalue weighted by atomic mass is 9.49. The zero-order valence-corrected chi connectivity index (χ0v) is 26.9. The van der Waals surface area contributed by atoms with E-state index in [1.54, 1.807) is 11.1 Å². The monoisotopic (exact) mass is 595 g/mol. The van der Waals surface area contributed by atoms with E-state index in [1.807, 2.05) is 0 Å².